The molecule has 2 aromatic heterocycles. The number of thiazole rings is 1. The van der Waals surface area contributed by atoms with Crippen LogP contribution in [-0.2, 0) is 0 Å². The molecule has 0 aromatic carbocycles. The number of aryl methyl sites for hydroxylation is 1. The third kappa shape index (κ3) is 2.64. The summed E-state index contributed by atoms with van der Waals surface area (Å²) >= 11 is 1.59. The summed E-state index contributed by atoms with van der Waals surface area (Å²) in [5.41, 5.74) is 4.64. The summed E-state index contributed by atoms with van der Waals surface area (Å²) < 4.78 is 0. The van der Waals surface area contributed by atoms with E-state index in [1.807, 2.05) is 24.6 Å². The minimum absolute atomic E-state index is 0.151. The largest absolute Gasteiger partial charge is 0.331 e. The van der Waals surface area contributed by atoms with Crippen LogP contribution >= 0.6 is 11.3 Å². The Kier molecular flexibility index (Phi) is 4.09. The van der Waals surface area contributed by atoms with Gasteiger partial charge in [-0.05, 0) is 38.3 Å². The Labute approximate surface area is 164 Å². The molecular weight excluding hydrogens is 356 g/mol. The minimum Gasteiger partial charge on any atom is -0.331 e. The second kappa shape index (κ2) is 6.38. The molecule has 3 aliphatic rings. The molecular formula is C21H26N4OS. The van der Waals surface area contributed by atoms with Crippen LogP contribution in [0.4, 0.5) is 0 Å². The Bertz CT molecular complexity index is 863. The first-order chi connectivity index (χ1) is 13.1. The molecule has 4 heterocycles. The lowest BCUT2D eigenvalue weighted by molar-refractivity contribution is 0.0628. The average molecular weight is 383 g/mol. The van der Waals surface area contributed by atoms with Gasteiger partial charge in [-0.3, -0.25) is 9.78 Å². The van der Waals surface area contributed by atoms with E-state index in [4.69, 9.17) is 0 Å². The molecule has 1 amide bonds. The van der Waals surface area contributed by atoms with Crippen LogP contribution in [0.25, 0.3) is 10.6 Å². The predicted molar refractivity (Wildman–Crippen MR) is 107 cm³/mol. The lowest BCUT2D eigenvalue weighted by Crippen LogP contribution is -2.51. The van der Waals surface area contributed by atoms with Gasteiger partial charge in [-0.2, -0.15) is 0 Å². The lowest BCUT2D eigenvalue weighted by atomic mass is 9.72. The maximum atomic E-state index is 13.5. The van der Waals surface area contributed by atoms with Crippen LogP contribution in [0, 0.1) is 12.3 Å². The van der Waals surface area contributed by atoms with Crippen LogP contribution in [0.1, 0.15) is 55.1 Å². The Balaban J connectivity index is 1.44. The molecule has 0 unspecified atom stereocenters. The molecule has 3 fully saturated rings. The normalized spacial score (nSPS) is 32.4. The number of likely N-dealkylation sites (tertiary alicyclic amines) is 1. The summed E-state index contributed by atoms with van der Waals surface area (Å²) in [6.45, 7) is 5.31. The van der Waals surface area contributed by atoms with Gasteiger partial charge in [0.05, 0.1) is 27.3 Å². The van der Waals surface area contributed by atoms with E-state index in [9.17, 15) is 4.79 Å². The van der Waals surface area contributed by atoms with Gasteiger partial charge in [0.1, 0.15) is 0 Å². The lowest BCUT2D eigenvalue weighted by Gasteiger charge is -2.39. The number of nitrogens with one attached hydrogen (secondary N) is 1. The minimum atomic E-state index is 0.151. The van der Waals surface area contributed by atoms with Crippen molar-refractivity contribution in [1.29, 1.82) is 0 Å². The van der Waals surface area contributed by atoms with Crippen molar-refractivity contribution in [3.63, 3.8) is 0 Å². The zero-order valence-electron chi connectivity index (χ0n) is 15.9. The zero-order chi connectivity index (χ0) is 18.6. The summed E-state index contributed by atoms with van der Waals surface area (Å²) in [5, 5.41) is 3.75. The molecule has 0 radical (unpaired) electrons. The molecule has 5 nitrogen and oxygen atoms in total. The van der Waals surface area contributed by atoms with Crippen molar-refractivity contribution < 1.29 is 4.79 Å². The third-order valence-corrected chi connectivity index (χ3v) is 7.96. The number of aromatic nitrogens is 2. The van der Waals surface area contributed by atoms with Gasteiger partial charge in [0.25, 0.3) is 5.91 Å². The molecule has 5 rings (SSSR count). The monoisotopic (exact) mass is 382 g/mol. The summed E-state index contributed by atoms with van der Waals surface area (Å²) in [6.07, 6.45) is 7.74. The van der Waals surface area contributed by atoms with Crippen molar-refractivity contribution in [2.75, 3.05) is 6.54 Å². The van der Waals surface area contributed by atoms with Crippen LogP contribution in [0.2, 0.25) is 0 Å². The van der Waals surface area contributed by atoms with Gasteiger partial charge in [-0.1, -0.05) is 19.8 Å². The molecule has 2 bridgehead atoms. The molecule has 27 heavy (non-hydrogen) atoms. The number of carbonyl (C=O) groups excluding carboxylic acids is 1. The maximum absolute atomic E-state index is 13.5. The summed E-state index contributed by atoms with van der Waals surface area (Å²) in [7, 11) is 0. The Hall–Kier alpha value is -1.79. The summed E-state index contributed by atoms with van der Waals surface area (Å²) in [4.78, 5) is 25.6. The van der Waals surface area contributed by atoms with Gasteiger partial charge >= 0.3 is 0 Å². The summed E-state index contributed by atoms with van der Waals surface area (Å²) in [6, 6.07) is 5.11. The highest BCUT2D eigenvalue weighted by Crippen LogP contribution is 2.50. The third-order valence-electron chi connectivity index (χ3n) is 7.01. The molecule has 1 aliphatic carbocycles. The highest BCUT2D eigenvalue weighted by atomic mass is 32.1. The second-order valence-corrected chi connectivity index (χ2v) is 9.39. The van der Waals surface area contributed by atoms with Crippen molar-refractivity contribution in [1.82, 2.24) is 20.2 Å². The van der Waals surface area contributed by atoms with Crippen molar-refractivity contribution in [2.24, 2.45) is 5.41 Å². The number of nitrogens with zero attached hydrogens (tertiary/aromatic N) is 3. The number of amides is 1. The van der Waals surface area contributed by atoms with Gasteiger partial charge in [-0.15, -0.1) is 11.3 Å². The van der Waals surface area contributed by atoms with E-state index in [1.165, 1.54) is 19.3 Å². The molecule has 2 aromatic rings. The average Bonchev–Trinajstić information content (AvgIpc) is 3.14. The van der Waals surface area contributed by atoms with Crippen molar-refractivity contribution >= 4 is 17.2 Å². The highest BCUT2D eigenvalue weighted by Gasteiger charge is 2.57. The number of rotatable bonds is 2. The fraction of sp³-hybridized carbons (Fsp3) is 0.571. The molecule has 2 saturated heterocycles. The van der Waals surface area contributed by atoms with Gasteiger partial charge < -0.3 is 10.2 Å². The first kappa shape index (κ1) is 17.3. The van der Waals surface area contributed by atoms with Crippen LogP contribution in [0.3, 0.4) is 0 Å². The Morgan fingerprint density at radius 3 is 2.89 bits per heavy atom. The zero-order valence-corrected chi connectivity index (χ0v) is 16.8. The number of hydrogen-bond acceptors (Lipinski definition) is 5. The van der Waals surface area contributed by atoms with Crippen LogP contribution < -0.4 is 5.32 Å². The predicted octanol–water partition coefficient (Wildman–Crippen LogP) is 3.65. The number of carbonyl (C=O) groups is 1. The van der Waals surface area contributed by atoms with E-state index in [1.54, 1.807) is 17.5 Å². The van der Waals surface area contributed by atoms with Crippen molar-refractivity contribution in [3.05, 3.63) is 35.1 Å². The van der Waals surface area contributed by atoms with Crippen LogP contribution in [0.5, 0.6) is 0 Å². The number of hydrogen-bond donors (Lipinski definition) is 1. The quantitative estimate of drug-likeness (QED) is 0.861. The maximum Gasteiger partial charge on any atom is 0.255 e. The van der Waals surface area contributed by atoms with Crippen molar-refractivity contribution in [3.8, 4) is 10.6 Å². The SMILES string of the molecule is Cc1ncsc1-c1ccc(C(=O)N2[C@@H]3CN[C@@H]4CCCC[C@H]2[C@]4(C)C3)cn1. The second-order valence-electron chi connectivity index (χ2n) is 8.54. The Morgan fingerprint density at radius 2 is 2.15 bits per heavy atom. The fourth-order valence-corrected chi connectivity index (χ4v) is 6.40. The van der Waals surface area contributed by atoms with E-state index < -0.39 is 0 Å². The molecule has 142 valence electrons. The van der Waals surface area contributed by atoms with Gasteiger partial charge in [0.2, 0.25) is 0 Å². The molecule has 1 N–H and O–H groups in total. The topological polar surface area (TPSA) is 58.1 Å². The molecule has 6 heteroatoms. The number of piperidine rings is 1. The smallest absolute Gasteiger partial charge is 0.255 e. The van der Waals surface area contributed by atoms with Gasteiger partial charge in [0, 0.05) is 36.3 Å². The molecule has 4 atom stereocenters. The molecule has 2 aliphatic heterocycles. The number of pyridine rings is 1. The van der Waals surface area contributed by atoms with Gasteiger partial charge in [0.15, 0.2) is 0 Å². The standard InChI is InChI=1S/C21H26N4OS/c1-13-19(27-12-24-13)16-8-7-14(10-22-16)20(26)25-15-9-21(2)17(23-11-15)5-3-4-6-18(21)25/h7-8,10,12,15,17-18,23H,3-6,9,11H2,1-2H3/t15-,17+,18-,21+/m0/s1. The van der Waals surface area contributed by atoms with Crippen LogP contribution in [0.15, 0.2) is 23.8 Å². The fourth-order valence-electron chi connectivity index (χ4n) is 5.62. The molecule has 0 spiro atoms. The van der Waals surface area contributed by atoms with E-state index in [0.717, 1.165) is 35.7 Å². The van der Waals surface area contributed by atoms with E-state index in [-0.39, 0.29) is 11.3 Å². The van der Waals surface area contributed by atoms with E-state index >= 15 is 0 Å². The number of fused-ring (bicyclic) bond motifs is 1. The first-order valence-corrected chi connectivity index (χ1v) is 10.9. The highest BCUT2D eigenvalue weighted by molar-refractivity contribution is 7.13. The van der Waals surface area contributed by atoms with E-state index in [0.29, 0.717) is 23.7 Å². The first-order valence-electron chi connectivity index (χ1n) is 10.0. The molecule has 1 saturated carbocycles. The summed E-state index contributed by atoms with van der Waals surface area (Å²) in [5.74, 6) is 0.151. The van der Waals surface area contributed by atoms with Gasteiger partial charge in [-0.25, -0.2) is 4.98 Å². The Morgan fingerprint density at radius 1 is 1.30 bits per heavy atom. The van der Waals surface area contributed by atoms with Crippen molar-refractivity contribution in [2.45, 2.75) is 64.1 Å². The van der Waals surface area contributed by atoms with E-state index in [2.05, 4.69) is 27.1 Å². The van der Waals surface area contributed by atoms with Crippen LogP contribution in [-0.4, -0.2) is 45.4 Å².